The Kier molecular flexibility index (Phi) is 6.11. The van der Waals surface area contributed by atoms with E-state index in [-0.39, 0.29) is 5.91 Å². The fourth-order valence-corrected chi connectivity index (χ4v) is 4.72. The van der Waals surface area contributed by atoms with Crippen LogP contribution < -0.4 is 14.4 Å². The van der Waals surface area contributed by atoms with E-state index in [9.17, 15) is 4.79 Å². The highest BCUT2D eigenvalue weighted by atomic mass is 127. The number of ether oxygens (including phenoxy) is 2. The van der Waals surface area contributed by atoms with Crippen LogP contribution in [0.4, 0.5) is 5.69 Å². The van der Waals surface area contributed by atoms with Gasteiger partial charge >= 0.3 is 0 Å². The van der Waals surface area contributed by atoms with E-state index in [4.69, 9.17) is 33.3 Å². The van der Waals surface area contributed by atoms with Gasteiger partial charge in [0.25, 0.3) is 5.91 Å². The number of anilines is 1. The molecule has 0 N–H and O–H groups in total. The monoisotopic (exact) mass is 517 g/mol. The second-order valence-electron chi connectivity index (χ2n) is 5.23. The van der Waals surface area contributed by atoms with Gasteiger partial charge in [0.05, 0.1) is 28.4 Å². The fourth-order valence-electron chi connectivity index (χ4n) is 2.45. The van der Waals surface area contributed by atoms with Crippen LogP contribution in [0.5, 0.6) is 11.5 Å². The largest absolute Gasteiger partial charge is 0.493 e. The molecule has 1 amide bonds. The summed E-state index contributed by atoms with van der Waals surface area (Å²) in [7, 11) is 3.18. The van der Waals surface area contributed by atoms with E-state index in [1.165, 1.54) is 16.7 Å². The summed E-state index contributed by atoms with van der Waals surface area (Å²) < 4.78 is 12.1. The number of benzene rings is 2. The molecule has 0 unspecified atom stereocenters. The molecule has 0 spiro atoms. The third-order valence-electron chi connectivity index (χ3n) is 3.63. The van der Waals surface area contributed by atoms with Gasteiger partial charge in [-0.25, -0.2) is 0 Å². The Morgan fingerprint density at radius 1 is 1.19 bits per heavy atom. The van der Waals surface area contributed by atoms with E-state index in [1.807, 2.05) is 12.1 Å². The molecule has 0 radical (unpaired) electrons. The van der Waals surface area contributed by atoms with Gasteiger partial charge in [0.15, 0.2) is 15.8 Å². The van der Waals surface area contributed by atoms with Gasteiger partial charge in [-0.1, -0.05) is 35.6 Å². The normalized spacial score (nSPS) is 15.7. The molecule has 0 saturated carbocycles. The average Bonchev–Trinajstić information content (AvgIpc) is 2.89. The molecule has 0 atom stereocenters. The predicted molar refractivity (Wildman–Crippen MR) is 119 cm³/mol. The van der Waals surface area contributed by atoms with Crippen molar-refractivity contribution < 1.29 is 14.3 Å². The van der Waals surface area contributed by atoms with Crippen molar-refractivity contribution in [1.82, 2.24) is 0 Å². The van der Waals surface area contributed by atoms with Gasteiger partial charge in [-0.15, -0.1) is 0 Å². The van der Waals surface area contributed by atoms with E-state index in [0.717, 1.165) is 9.13 Å². The van der Waals surface area contributed by atoms with E-state index in [1.54, 1.807) is 44.6 Å². The molecule has 1 fully saturated rings. The Balaban J connectivity index is 1.95. The Bertz CT molecular complexity index is 915. The van der Waals surface area contributed by atoms with Gasteiger partial charge in [-0.05, 0) is 70.6 Å². The highest BCUT2D eigenvalue weighted by Gasteiger charge is 2.33. The zero-order valence-corrected chi connectivity index (χ0v) is 18.3. The lowest BCUT2D eigenvalue weighted by molar-refractivity contribution is -0.113. The van der Waals surface area contributed by atoms with Crippen LogP contribution in [0.3, 0.4) is 0 Å². The maximum absolute atomic E-state index is 12.8. The zero-order chi connectivity index (χ0) is 18.8. The topological polar surface area (TPSA) is 38.8 Å². The van der Waals surface area contributed by atoms with E-state index < -0.39 is 0 Å². The molecule has 1 aliphatic rings. The van der Waals surface area contributed by atoms with E-state index in [0.29, 0.717) is 31.4 Å². The molecule has 26 heavy (non-hydrogen) atoms. The van der Waals surface area contributed by atoms with Gasteiger partial charge < -0.3 is 9.47 Å². The summed E-state index contributed by atoms with van der Waals surface area (Å²) >= 11 is 14.7. The Morgan fingerprint density at radius 2 is 1.88 bits per heavy atom. The van der Waals surface area contributed by atoms with Crippen LogP contribution in [0, 0.1) is 3.57 Å². The summed E-state index contributed by atoms with van der Waals surface area (Å²) in [5, 5.41) is 0.606. The van der Waals surface area contributed by atoms with Crippen molar-refractivity contribution in [3.8, 4) is 11.5 Å². The number of halogens is 2. The number of hydrogen-bond donors (Lipinski definition) is 0. The number of thioether (sulfide) groups is 1. The van der Waals surface area contributed by atoms with Crippen LogP contribution in [0.25, 0.3) is 6.08 Å². The first-order chi connectivity index (χ1) is 12.4. The maximum Gasteiger partial charge on any atom is 0.270 e. The molecule has 0 aromatic heterocycles. The number of amides is 1. The smallest absolute Gasteiger partial charge is 0.270 e. The lowest BCUT2D eigenvalue weighted by atomic mass is 10.2. The molecule has 134 valence electrons. The highest BCUT2D eigenvalue weighted by Crippen LogP contribution is 2.38. The van der Waals surface area contributed by atoms with Gasteiger partial charge in [-0.2, -0.15) is 0 Å². The molecule has 0 bridgehead atoms. The summed E-state index contributed by atoms with van der Waals surface area (Å²) in [6.07, 6.45) is 1.80. The third-order valence-corrected chi connectivity index (χ3v) is 5.99. The predicted octanol–water partition coefficient (Wildman–Crippen LogP) is 5.37. The SMILES string of the molecule is COc1cc(/C=C2\SC(=S)N(c3ccc(Cl)cc3)C2=O)cc(I)c1OC. The lowest BCUT2D eigenvalue weighted by Crippen LogP contribution is -2.27. The van der Waals surface area contributed by atoms with Crippen LogP contribution in [0.1, 0.15) is 5.56 Å². The number of rotatable bonds is 4. The minimum Gasteiger partial charge on any atom is -0.493 e. The molecule has 2 aromatic rings. The number of carbonyl (C=O) groups excluding carboxylic acids is 1. The van der Waals surface area contributed by atoms with Gasteiger partial charge in [0.1, 0.15) is 0 Å². The second kappa shape index (κ2) is 8.16. The summed E-state index contributed by atoms with van der Waals surface area (Å²) in [6, 6.07) is 10.8. The van der Waals surface area contributed by atoms with Crippen LogP contribution in [-0.4, -0.2) is 24.4 Å². The maximum atomic E-state index is 12.8. The molecule has 1 saturated heterocycles. The van der Waals surface area contributed by atoms with Crippen molar-refractivity contribution in [3.63, 3.8) is 0 Å². The van der Waals surface area contributed by atoms with Gasteiger partial charge in [0, 0.05) is 5.02 Å². The van der Waals surface area contributed by atoms with Crippen molar-refractivity contribution in [2.75, 3.05) is 19.1 Å². The van der Waals surface area contributed by atoms with Crippen molar-refractivity contribution in [1.29, 1.82) is 0 Å². The Labute approximate surface area is 179 Å². The quantitative estimate of drug-likeness (QED) is 0.310. The zero-order valence-electron chi connectivity index (χ0n) is 13.8. The lowest BCUT2D eigenvalue weighted by Gasteiger charge is -2.14. The number of hydrogen-bond acceptors (Lipinski definition) is 5. The summed E-state index contributed by atoms with van der Waals surface area (Å²) in [5.41, 5.74) is 1.53. The number of carbonyl (C=O) groups is 1. The molecular formula is C18H13ClINO3S2. The van der Waals surface area contributed by atoms with Crippen LogP contribution in [0.2, 0.25) is 5.02 Å². The molecule has 3 rings (SSSR count). The van der Waals surface area contributed by atoms with Gasteiger partial charge in [-0.3, -0.25) is 9.69 Å². The first kappa shape index (κ1) is 19.5. The number of methoxy groups -OCH3 is 2. The molecular weight excluding hydrogens is 505 g/mol. The molecule has 1 aliphatic heterocycles. The van der Waals surface area contributed by atoms with Crippen LogP contribution in [0.15, 0.2) is 41.3 Å². The minimum atomic E-state index is -0.160. The first-order valence-electron chi connectivity index (χ1n) is 7.39. The van der Waals surface area contributed by atoms with Crippen molar-refractivity contribution >= 4 is 80.2 Å². The molecule has 2 aromatic carbocycles. The number of nitrogens with zero attached hydrogens (tertiary/aromatic N) is 1. The summed E-state index contributed by atoms with van der Waals surface area (Å²) in [5.74, 6) is 1.12. The number of thiocarbonyl (C=S) groups is 1. The fraction of sp³-hybridized carbons (Fsp3) is 0.111. The van der Waals surface area contributed by atoms with E-state index in [2.05, 4.69) is 22.6 Å². The summed E-state index contributed by atoms with van der Waals surface area (Å²) in [4.78, 5) is 14.9. The average molecular weight is 518 g/mol. The van der Waals surface area contributed by atoms with E-state index >= 15 is 0 Å². The van der Waals surface area contributed by atoms with Crippen LogP contribution in [-0.2, 0) is 4.79 Å². The highest BCUT2D eigenvalue weighted by molar-refractivity contribution is 14.1. The standard InChI is InChI=1S/C18H13ClINO3S2/c1-23-14-8-10(7-13(20)16(14)24-2)9-15-17(22)21(18(25)26-15)12-5-3-11(19)4-6-12/h3-9H,1-2H3/b15-9-. The van der Waals surface area contributed by atoms with Crippen molar-refractivity contribution in [2.24, 2.45) is 0 Å². The summed E-state index contributed by atoms with van der Waals surface area (Å²) in [6.45, 7) is 0. The first-order valence-corrected chi connectivity index (χ1v) is 10.1. The van der Waals surface area contributed by atoms with Crippen molar-refractivity contribution in [3.05, 3.63) is 55.5 Å². The minimum absolute atomic E-state index is 0.160. The second-order valence-corrected chi connectivity index (χ2v) is 8.51. The molecule has 4 nitrogen and oxygen atoms in total. The Hall–Kier alpha value is -1.29. The Morgan fingerprint density at radius 3 is 2.50 bits per heavy atom. The van der Waals surface area contributed by atoms with Gasteiger partial charge in [0.2, 0.25) is 0 Å². The molecule has 1 heterocycles. The third kappa shape index (κ3) is 3.85. The van der Waals surface area contributed by atoms with Crippen molar-refractivity contribution in [2.45, 2.75) is 0 Å². The van der Waals surface area contributed by atoms with Crippen LogP contribution >= 0.6 is 58.2 Å². The molecule has 0 aliphatic carbocycles. The molecule has 8 heteroatoms.